The Kier molecular flexibility index (Phi) is 13.2. The first-order chi connectivity index (χ1) is 36.2. The average Bonchev–Trinajstić information content (AvgIpc) is 3.91. The molecule has 0 spiro atoms. The lowest BCUT2D eigenvalue weighted by atomic mass is 9.85. The molecule has 2 heterocycles. The Labute approximate surface area is 456 Å². The van der Waals surface area contributed by atoms with E-state index >= 15 is 0 Å². The first-order valence-electron chi connectivity index (χ1n) is 27.6. The van der Waals surface area contributed by atoms with Crippen molar-refractivity contribution in [2.45, 2.75) is 151 Å². The number of nitrogens with zero attached hydrogens (tertiary/aromatic N) is 2. The summed E-state index contributed by atoms with van der Waals surface area (Å²) in [5.41, 5.74) is 15.7. The van der Waals surface area contributed by atoms with Crippen molar-refractivity contribution < 1.29 is 19.7 Å². The number of hydrogen-bond acceptors (Lipinski definition) is 4. The van der Waals surface area contributed by atoms with Gasteiger partial charge in [-0.05, 0) is 168 Å². The molecule has 396 valence electrons. The third-order valence-electron chi connectivity index (χ3n) is 15.6. The average molecular weight is 1020 g/mol. The van der Waals surface area contributed by atoms with Gasteiger partial charge >= 0.3 is 0 Å². The lowest BCUT2D eigenvalue weighted by molar-refractivity contribution is 0.131. The second-order valence-electron chi connectivity index (χ2n) is 26.0. The SMILES string of the molecule is Cc1cc(-c2ccccc2OC(C)C[C@H](C)Oc2ccccc2-c2cc(C)cc(-n3c4ccc(C(C)(C)C)cc4c4cc(C(C)(C)C)ccc43)c2O)c(O)c(-n2c3ccc(C(C)(C)C)cc3c3cc(C(C)(C)C)ccc32)c1. The minimum absolute atomic E-state index is 0.0286. The van der Waals surface area contributed by atoms with Gasteiger partial charge in [0.15, 0.2) is 0 Å². The number of aryl methyl sites for hydroxylation is 2. The molecular formula is C71H78N2O4. The fourth-order valence-electron chi connectivity index (χ4n) is 11.3. The Hall–Kier alpha value is -7.44. The smallest absolute Gasteiger partial charge is 0.147 e. The normalized spacial score (nSPS) is 13.5. The zero-order chi connectivity index (χ0) is 55.3. The van der Waals surface area contributed by atoms with Gasteiger partial charge in [0.2, 0.25) is 0 Å². The molecule has 6 nitrogen and oxygen atoms in total. The first-order valence-corrected chi connectivity index (χ1v) is 27.6. The predicted molar refractivity (Wildman–Crippen MR) is 325 cm³/mol. The standard InChI is InChI=1S/C71H78N2O4/c1-42-33-56(66(74)62(35-42)72-58-29-25-46(68(5,6)7)38-52(58)53-39-47(69(8,9)10)26-30-59(53)72)50-21-17-19-23-64(50)76-44(3)37-45(4)77-65-24-20-18-22-51(65)57-34-43(2)36-63(67(57)75)73-60-31-27-48(70(11,12)13)40-54(60)55-41-49(71(14,15)16)28-32-61(55)73/h17-36,38-41,44-45,74-75H,37H2,1-16H3/t44-,45?/m0/s1. The molecule has 0 saturated carbocycles. The Bertz CT molecular complexity index is 3520. The second kappa shape index (κ2) is 19.2. The van der Waals surface area contributed by atoms with Crippen molar-refractivity contribution in [2.75, 3.05) is 0 Å². The maximum Gasteiger partial charge on any atom is 0.147 e. The van der Waals surface area contributed by atoms with E-state index < -0.39 is 0 Å². The quantitative estimate of drug-likeness (QED) is 0.143. The topological polar surface area (TPSA) is 68.8 Å². The fourth-order valence-corrected chi connectivity index (χ4v) is 11.3. The van der Waals surface area contributed by atoms with Crippen LogP contribution in [0.2, 0.25) is 0 Å². The van der Waals surface area contributed by atoms with E-state index in [1.807, 2.05) is 48.5 Å². The summed E-state index contributed by atoms with van der Waals surface area (Å²) in [6.45, 7) is 35.4. The fraction of sp³-hybridized carbons (Fsp3) is 0.324. The van der Waals surface area contributed by atoms with Gasteiger partial charge in [-0.15, -0.1) is 0 Å². The van der Waals surface area contributed by atoms with E-state index in [0.29, 0.717) is 29.0 Å². The maximum atomic E-state index is 12.6. The molecule has 0 aliphatic rings. The molecule has 77 heavy (non-hydrogen) atoms. The predicted octanol–water partition coefficient (Wildman–Crippen LogP) is 19.1. The molecule has 0 bridgehead atoms. The number of ether oxygens (including phenoxy) is 2. The highest BCUT2D eigenvalue weighted by Crippen LogP contribution is 2.47. The molecule has 0 aliphatic heterocycles. The van der Waals surface area contributed by atoms with Crippen LogP contribution in [0.4, 0.5) is 0 Å². The summed E-state index contributed by atoms with van der Waals surface area (Å²) in [5, 5.41) is 29.8. The molecule has 10 rings (SSSR count). The summed E-state index contributed by atoms with van der Waals surface area (Å²) in [6.07, 6.45) is 0.0488. The largest absolute Gasteiger partial charge is 0.505 e. The monoisotopic (exact) mass is 1020 g/mol. The number of aromatic nitrogens is 2. The molecule has 6 heteroatoms. The third-order valence-corrected chi connectivity index (χ3v) is 15.6. The van der Waals surface area contributed by atoms with Crippen LogP contribution in [0.25, 0.3) is 77.2 Å². The van der Waals surface area contributed by atoms with Crippen LogP contribution >= 0.6 is 0 Å². The van der Waals surface area contributed by atoms with Crippen LogP contribution in [0.1, 0.15) is 137 Å². The summed E-state index contributed by atoms with van der Waals surface area (Å²) in [6, 6.07) is 51.4. The number of aromatic hydroxyl groups is 2. The minimum atomic E-state index is -0.261. The lowest BCUT2D eigenvalue weighted by Gasteiger charge is -2.24. The number of phenols is 2. The van der Waals surface area contributed by atoms with Gasteiger partial charge in [-0.3, -0.25) is 0 Å². The number of phenolic OH excluding ortho intramolecular Hbond substituents is 2. The molecule has 0 radical (unpaired) electrons. The number of benzene rings is 8. The van der Waals surface area contributed by atoms with Crippen LogP contribution in [0, 0.1) is 13.8 Å². The molecule has 0 amide bonds. The Morgan fingerprint density at radius 3 is 0.948 bits per heavy atom. The summed E-state index contributed by atoms with van der Waals surface area (Å²) in [7, 11) is 0. The number of rotatable bonds is 10. The summed E-state index contributed by atoms with van der Waals surface area (Å²) in [5.74, 6) is 1.74. The van der Waals surface area contributed by atoms with Crippen molar-refractivity contribution in [3.63, 3.8) is 0 Å². The van der Waals surface area contributed by atoms with Crippen LogP contribution in [0.5, 0.6) is 23.0 Å². The first kappa shape index (κ1) is 53.0. The summed E-state index contributed by atoms with van der Waals surface area (Å²) in [4.78, 5) is 0. The number of fused-ring (bicyclic) bond motifs is 6. The van der Waals surface area contributed by atoms with E-state index in [0.717, 1.165) is 55.7 Å². The zero-order valence-electron chi connectivity index (χ0n) is 48.3. The van der Waals surface area contributed by atoms with Gasteiger partial charge in [0.25, 0.3) is 0 Å². The Morgan fingerprint density at radius 2 is 0.662 bits per heavy atom. The lowest BCUT2D eigenvalue weighted by Crippen LogP contribution is -2.23. The van der Waals surface area contributed by atoms with Gasteiger partial charge in [0, 0.05) is 50.2 Å². The van der Waals surface area contributed by atoms with Gasteiger partial charge in [0.05, 0.1) is 45.6 Å². The van der Waals surface area contributed by atoms with Gasteiger partial charge < -0.3 is 28.8 Å². The van der Waals surface area contributed by atoms with Crippen molar-refractivity contribution in [3.8, 4) is 56.6 Å². The number of para-hydroxylation sites is 2. The molecule has 2 aromatic heterocycles. The number of hydrogen-bond donors (Lipinski definition) is 2. The molecular weight excluding hydrogens is 945 g/mol. The van der Waals surface area contributed by atoms with Crippen molar-refractivity contribution in [1.29, 1.82) is 0 Å². The van der Waals surface area contributed by atoms with Gasteiger partial charge in [0.1, 0.15) is 23.0 Å². The van der Waals surface area contributed by atoms with Gasteiger partial charge in [-0.1, -0.05) is 144 Å². The van der Waals surface area contributed by atoms with E-state index in [-0.39, 0.29) is 45.4 Å². The van der Waals surface area contributed by atoms with Crippen molar-refractivity contribution in [3.05, 3.63) is 179 Å². The second-order valence-corrected chi connectivity index (χ2v) is 26.0. The molecule has 0 saturated heterocycles. The minimum Gasteiger partial charge on any atom is -0.505 e. The van der Waals surface area contributed by atoms with Gasteiger partial charge in [-0.2, -0.15) is 0 Å². The molecule has 2 N–H and O–H groups in total. The summed E-state index contributed by atoms with van der Waals surface area (Å²) >= 11 is 0. The Balaban J connectivity index is 0.958. The zero-order valence-corrected chi connectivity index (χ0v) is 48.3. The van der Waals surface area contributed by atoms with Crippen LogP contribution < -0.4 is 9.47 Å². The van der Waals surface area contributed by atoms with Crippen LogP contribution in [-0.4, -0.2) is 31.6 Å². The van der Waals surface area contributed by atoms with Crippen LogP contribution in [0.15, 0.2) is 146 Å². The van der Waals surface area contributed by atoms with Crippen molar-refractivity contribution in [1.82, 2.24) is 9.13 Å². The van der Waals surface area contributed by atoms with E-state index in [9.17, 15) is 10.2 Å². The molecule has 8 aromatic carbocycles. The highest BCUT2D eigenvalue weighted by atomic mass is 16.5. The highest BCUT2D eigenvalue weighted by Gasteiger charge is 2.27. The van der Waals surface area contributed by atoms with Crippen LogP contribution in [-0.2, 0) is 21.7 Å². The third kappa shape index (κ3) is 9.97. The van der Waals surface area contributed by atoms with Crippen molar-refractivity contribution in [2.24, 2.45) is 0 Å². The highest BCUT2D eigenvalue weighted by molar-refractivity contribution is 6.11. The van der Waals surface area contributed by atoms with Crippen molar-refractivity contribution >= 4 is 43.6 Å². The molecule has 0 aliphatic carbocycles. The van der Waals surface area contributed by atoms with E-state index in [1.54, 1.807) is 0 Å². The van der Waals surface area contributed by atoms with E-state index in [4.69, 9.17) is 9.47 Å². The van der Waals surface area contributed by atoms with E-state index in [2.05, 4.69) is 217 Å². The van der Waals surface area contributed by atoms with Crippen LogP contribution in [0.3, 0.4) is 0 Å². The van der Waals surface area contributed by atoms with Gasteiger partial charge in [-0.25, -0.2) is 0 Å². The molecule has 2 atom stereocenters. The molecule has 0 fully saturated rings. The van der Waals surface area contributed by atoms with E-state index in [1.165, 1.54) is 43.8 Å². The molecule has 1 unspecified atom stereocenters. The molecule has 10 aromatic rings. The summed E-state index contributed by atoms with van der Waals surface area (Å²) < 4.78 is 18.2. The maximum absolute atomic E-state index is 12.6. The Morgan fingerprint density at radius 1 is 0.377 bits per heavy atom.